The summed E-state index contributed by atoms with van der Waals surface area (Å²) < 4.78 is 0. The molecule has 1 aromatic heterocycles. The summed E-state index contributed by atoms with van der Waals surface area (Å²) in [5.74, 6) is 7.26. The van der Waals surface area contributed by atoms with E-state index in [9.17, 15) is 5.11 Å². The van der Waals surface area contributed by atoms with Gasteiger partial charge in [-0.3, -0.25) is 0 Å². The van der Waals surface area contributed by atoms with Gasteiger partial charge in [-0.05, 0) is 5.56 Å². The number of nitrogens with zero attached hydrogens (tertiary/aromatic N) is 2. The summed E-state index contributed by atoms with van der Waals surface area (Å²) in [5.41, 5.74) is 3.51. The molecule has 1 unspecified atom stereocenters. The van der Waals surface area contributed by atoms with E-state index in [1.807, 2.05) is 37.3 Å². The molecule has 0 amide bonds. The Morgan fingerprint density at radius 2 is 1.90 bits per heavy atom. The maximum Gasteiger partial charge on any atom is 0.145 e. The molecule has 1 atom stereocenters. The molecule has 0 aliphatic rings. The largest absolute Gasteiger partial charge is 0.394 e. The predicted molar refractivity (Wildman–Crippen MR) is 79.1 cm³/mol. The number of aryl methyl sites for hydroxylation is 1. The highest BCUT2D eigenvalue weighted by Gasteiger charge is 2.11. The Morgan fingerprint density at radius 1 is 1.20 bits per heavy atom. The third-order valence-electron chi connectivity index (χ3n) is 2.94. The first-order valence-electron chi connectivity index (χ1n) is 6.53. The number of nitrogens with two attached hydrogens (primary N) is 1. The topological polar surface area (TPSA) is 96.1 Å². The van der Waals surface area contributed by atoms with Crippen molar-refractivity contribution in [3.05, 3.63) is 47.8 Å². The van der Waals surface area contributed by atoms with Crippen molar-refractivity contribution in [2.45, 2.75) is 19.4 Å². The van der Waals surface area contributed by atoms with E-state index in [-0.39, 0.29) is 12.6 Å². The Bertz CT molecular complexity index is 524. The molecule has 0 radical (unpaired) electrons. The van der Waals surface area contributed by atoms with Crippen molar-refractivity contribution in [2.75, 3.05) is 17.3 Å². The zero-order chi connectivity index (χ0) is 14.4. The van der Waals surface area contributed by atoms with E-state index in [2.05, 4.69) is 20.7 Å². The Labute approximate surface area is 118 Å². The standard InChI is InChI=1S/C14H19N5O/c1-2-12-17-13(8-14(18-12)19-15)16-11(9-20)10-6-4-3-5-7-10/h3-8,11,20H,2,9,15H2,1H3,(H2,16,17,18,19). The molecule has 1 heterocycles. The van der Waals surface area contributed by atoms with Gasteiger partial charge in [0.15, 0.2) is 0 Å². The molecule has 0 aliphatic carbocycles. The average molecular weight is 273 g/mol. The number of anilines is 2. The van der Waals surface area contributed by atoms with Crippen LogP contribution in [0.15, 0.2) is 36.4 Å². The second kappa shape index (κ2) is 6.83. The third kappa shape index (κ3) is 3.43. The van der Waals surface area contributed by atoms with Crippen LogP contribution in [0.5, 0.6) is 0 Å². The highest BCUT2D eigenvalue weighted by molar-refractivity contribution is 5.48. The van der Waals surface area contributed by atoms with Gasteiger partial charge in [0.05, 0.1) is 12.6 Å². The number of aliphatic hydroxyl groups excluding tert-OH is 1. The van der Waals surface area contributed by atoms with Crippen LogP contribution < -0.4 is 16.6 Å². The quantitative estimate of drug-likeness (QED) is 0.470. The normalized spacial score (nSPS) is 11.9. The van der Waals surface area contributed by atoms with Crippen LogP contribution >= 0.6 is 0 Å². The van der Waals surface area contributed by atoms with Gasteiger partial charge in [-0.1, -0.05) is 37.3 Å². The van der Waals surface area contributed by atoms with Crippen molar-refractivity contribution in [2.24, 2.45) is 5.84 Å². The van der Waals surface area contributed by atoms with Crippen LogP contribution in [0, 0.1) is 0 Å². The van der Waals surface area contributed by atoms with E-state index in [1.54, 1.807) is 6.07 Å². The lowest BCUT2D eigenvalue weighted by Gasteiger charge is -2.18. The molecule has 0 saturated carbocycles. The van der Waals surface area contributed by atoms with Crippen molar-refractivity contribution in [3.63, 3.8) is 0 Å². The van der Waals surface area contributed by atoms with E-state index in [4.69, 9.17) is 5.84 Å². The molecule has 0 fully saturated rings. The lowest BCUT2D eigenvalue weighted by Crippen LogP contribution is -2.17. The summed E-state index contributed by atoms with van der Waals surface area (Å²) in [7, 11) is 0. The average Bonchev–Trinajstić information content (AvgIpc) is 2.53. The van der Waals surface area contributed by atoms with E-state index >= 15 is 0 Å². The molecular weight excluding hydrogens is 254 g/mol. The van der Waals surface area contributed by atoms with Crippen LogP contribution in [0.4, 0.5) is 11.6 Å². The second-order valence-electron chi connectivity index (χ2n) is 4.34. The van der Waals surface area contributed by atoms with Crippen molar-refractivity contribution >= 4 is 11.6 Å². The Balaban J connectivity index is 2.23. The van der Waals surface area contributed by atoms with Gasteiger partial charge < -0.3 is 15.8 Å². The smallest absolute Gasteiger partial charge is 0.145 e. The van der Waals surface area contributed by atoms with Crippen LogP contribution in [0.25, 0.3) is 0 Å². The van der Waals surface area contributed by atoms with Gasteiger partial charge in [0, 0.05) is 12.5 Å². The maximum absolute atomic E-state index is 9.55. The van der Waals surface area contributed by atoms with Crippen LogP contribution in [0.2, 0.25) is 0 Å². The van der Waals surface area contributed by atoms with E-state index < -0.39 is 0 Å². The van der Waals surface area contributed by atoms with Gasteiger partial charge in [0.1, 0.15) is 17.5 Å². The number of nitrogens with one attached hydrogen (secondary N) is 2. The fourth-order valence-corrected chi connectivity index (χ4v) is 1.90. The number of rotatable bonds is 6. The van der Waals surface area contributed by atoms with Crippen LogP contribution in [0.3, 0.4) is 0 Å². The molecule has 2 rings (SSSR count). The lowest BCUT2D eigenvalue weighted by atomic mass is 10.1. The zero-order valence-corrected chi connectivity index (χ0v) is 11.4. The van der Waals surface area contributed by atoms with Gasteiger partial charge in [0.25, 0.3) is 0 Å². The number of hydrazine groups is 1. The SMILES string of the molecule is CCc1nc(NN)cc(NC(CO)c2ccccc2)n1. The molecule has 5 N–H and O–H groups in total. The summed E-state index contributed by atoms with van der Waals surface area (Å²) in [6.07, 6.45) is 0.708. The van der Waals surface area contributed by atoms with Crippen LogP contribution in [-0.2, 0) is 6.42 Å². The number of nitrogen functional groups attached to an aromatic ring is 1. The minimum absolute atomic E-state index is 0.0269. The molecule has 0 saturated heterocycles. The third-order valence-corrected chi connectivity index (χ3v) is 2.94. The predicted octanol–water partition coefficient (Wildman–Crippen LogP) is 1.47. The van der Waals surface area contributed by atoms with Crippen LogP contribution in [-0.4, -0.2) is 21.7 Å². The molecular formula is C14H19N5O. The van der Waals surface area contributed by atoms with E-state index in [1.165, 1.54) is 0 Å². The molecule has 0 spiro atoms. The minimum Gasteiger partial charge on any atom is -0.394 e. The van der Waals surface area contributed by atoms with Gasteiger partial charge >= 0.3 is 0 Å². The molecule has 6 heteroatoms. The maximum atomic E-state index is 9.55. The summed E-state index contributed by atoms with van der Waals surface area (Å²) >= 11 is 0. The van der Waals surface area contributed by atoms with Crippen molar-refractivity contribution < 1.29 is 5.11 Å². The van der Waals surface area contributed by atoms with Gasteiger partial charge in [-0.15, -0.1) is 0 Å². The van der Waals surface area contributed by atoms with E-state index in [0.29, 0.717) is 23.9 Å². The monoisotopic (exact) mass is 273 g/mol. The number of benzene rings is 1. The number of aliphatic hydroxyl groups is 1. The van der Waals surface area contributed by atoms with Crippen molar-refractivity contribution in [3.8, 4) is 0 Å². The summed E-state index contributed by atoms with van der Waals surface area (Å²) in [4.78, 5) is 8.61. The van der Waals surface area contributed by atoms with Crippen molar-refractivity contribution in [1.82, 2.24) is 9.97 Å². The number of aromatic nitrogens is 2. The summed E-state index contributed by atoms with van der Waals surface area (Å²) in [6.45, 7) is 1.95. The van der Waals surface area contributed by atoms with Gasteiger partial charge in [0.2, 0.25) is 0 Å². The number of hydrogen-bond donors (Lipinski definition) is 4. The summed E-state index contributed by atoms with van der Waals surface area (Å²) in [5, 5.41) is 12.7. The molecule has 0 aliphatic heterocycles. The second-order valence-corrected chi connectivity index (χ2v) is 4.34. The number of hydrogen-bond acceptors (Lipinski definition) is 6. The molecule has 6 nitrogen and oxygen atoms in total. The first kappa shape index (κ1) is 14.2. The fraction of sp³-hybridized carbons (Fsp3) is 0.286. The fourth-order valence-electron chi connectivity index (χ4n) is 1.90. The molecule has 0 bridgehead atoms. The summed E-state index contributed by atoms with van der Waals surface area (Å²) in [6, 6.07) is 11.2. The van der Waals surface area contributed by atoms with Gasteiger partial charge in [-0.2, -0.15) is 0 Å². The highest BCUT2D eigenvalue weighted by Crippen LogP contribution is 2.19. The molecule has 1 aromatic carbocycles. The van der Waals surface area contributed by atoms with Crippen LogP contribution in [0.1, 0.15) is 24.4 Å². The Hall–Kier alpha value is -2.18. The molecule has 2 aromatic rings. The van der Waals surface area contributed by atoms with Crippen molar-refractivity contribution in [1.29, 1.82) is 0 Å². The van der Waals surface area contributed by atoms with Gasteiger partial charge in [-0.25, -0.2) is 15.8 Å². The zero-order valence-electron chi connectivity index (χ0n) is 11.4. The first-order valence-corrected chi connectivity index (χ1v) is 6.53. The molecule has 106 valence electrons. The Kier molecular flexibility index (Phi) is 4.86. The molecule has 20 heavy (non-hydrogen) atoms. The minimum atomic E-state index is -0.221. The first-order chi connectivity index (χ1) is 9.76. The van der Waals surface area contributed by atoms with E-state index in [0.717, 1.165) is 5.56 Å². The highest BCUT2D eigenvalue weighted by atomic mass is 16.3. The lowest BCUT2D eigenvalue weighted by molar-refractivity contribution is 0.276. The Morgan fingerprint density at radius 3 is 2.50 bits per heavy atom.